The van der Waals surface area contributed by atoms with Crippen LogP contribution in [0.15, 0.2) is 35.5 Å². The minimum Gasteiger partial charge on any atom is -0.364 e. The highest BCUT2D eigenvalue weighted by Gasteiger charge is 2.79. The molecule has 25 heavy (non-hydrogen) atoms. The quantitative estimate of drug-likeness (QED) is 0.685. The highest BCUT2D eigenvalue weighted by molar-refractivity contribution is 6.01. The molecule has 4 unspecified atom stereocenters. The van der Waals surface area contributed by atoms with Crippen LogP contribution >= 0.6 is 0 Å². The average molecular weight is 342 g/mol. The summed E-state index contributed by atoms with van der Waals surface area (Å²) in [4.78, 5) is 24.0. The van der Waals surface area contributed by atoms with Gasteiger partial charge in [0, 0.05) is 10.8 Å². The van der Waals surface area contributed by atoms with Crippen molar-refractivity contribution in [3.63, 3.8) is 0 Å². The van der Waals surface area contributed by atoms with E-state index in [4.69, 9.17) is 4.74 Å². The van der Waals surface area contributed by atoms with Gasteiger partial charge in [-0.2, -0.15) is 0 Å². The molecule has 4 aliphatic carbocycles. The van der Waals surface area contributed by atoms with E-state index >= 15 is 4.39 Å². The summed E-state index contributed by atoms with van der Waals surface area (Å²) in [5, 5.41) is 0. The second-order valence-electron chi connectivity index (χ2n) is 8.88. The first-order valence-electron chi connectivity index (χ1n) is 9.23. The molecule has 5 aliphatic rings. The van der Waals surface area contributed by atoms with Crippen LogP contribution in [-0.2, 0) is 14.3 Å². The van der Waals surface area contributed by atoms with E-state index in [0.29, 0.717) is 12.0 Å². The Morgan fingerprint density at radius 2 is 2.08 bits per heavy atom. The fourth-order valence-electron chi connectivity index (χ4n) is 6.76. The van der Waals surface area contributed by atoms with Gasteiger partial charge < -0.3 is 4.74 Å². The monoisotopic (exact) mass is 342 g/mol. The number of hydrogen-bond donors (Lipinski definition) is 0. The van der Waals surface area contributed by atoms with Gasteiger partial charge in [-0.3, -0.25) is 9.59 Å². The van der Waals surface area contributed by atoms with Crippen molar-refractivity contribution < 1.29 is 18.7 Å². The molecular formula is C21H23FO3. The molecule has 132 valence electrons. The zero-order valence-electron chi connectivity index (χ0n) is 14.8. The van der Waals surface area contributed by atoms with E-state index in [1.165, 1.54) is 6.08 Å². The normalized spacial score (nSPS) is 52.4. The van der Waals surface area contributed by atoms with Crippen molar-refractivity contribution in [3.8, 4) is 0 Å². The van der Waals surface area contributed by atoms with Crippen LogP contribution in [0.5, 0.6) is 0 Å². The van der Waals surface area contributed by atoms with Crippen LogP contribution in [-0.4, -0.2) is 29.4 Å². The molecule has 1 saturated heterocycles. The van der Waals surface area contributed by atoms with Crippen molar-refractivity contribution in [3.05, 3.63) is 35.5 Å². The third-order valence-corrected chi connectivity index (χ3v) is 7.88. The minimum atomic E-state index is -1.12. The van der Waals surface area contributed by atoms with Crippen LogP contribution in [0.2, 0.25) is 0 Å². The topological polar surface area (TPSA) is 46.7 Å². The van der Waals surface area contributed by atoms with Gasteiger partial charge in [-0.1, -0.05) is 19.1 Å². The van der Waals surface area contributed by atoms with Crippen LogP contribution in [0.1, 0.15) is 40.0 Å². The van der Waals surface area contributed by atoms with Gasteiger partial charge in [0.15, 0.2) is 11.6 Å². The average Bonchev–Trinajstić information content (AvgIpc) is 3.15. The van der Waals surface area contributed by atoms with Gasteiger partial charge in [-0.15, -0.1) is 0 Å². The molecule has 3 nitrogen and oxygen atoms in total. The second-order valence-corrected chi connectivity index (χ2v) is 8.88. The molecule has 7 atom stereocenters. The molecule has 0 bridgehead atoms. The van der Waals surface area contributed by atoms with Crippen molar-refractivity contribution in [2.24, 2.45) is 22.7 Å². The second kappa shape index (κ2) is 4.40. The van der Waals surface area contributed by atoms with Gasteiger partial charge in [0.05, 0.1) is 6.10 Å². The Hall–Kier alpha value is -1.55. The summed E-state index contributed by atoms with van der Waals surface area (Å²) in [6, 6.07) is 0. The lowest BCUT2D eigenvalue weighted by Crippen LogP contribution is -2.58. The summed E-state index contributed by atoms with van der Waals surface area (Å²) in [5.74, 6) is 0.289. The highest BCUT2D eigenvalue weighted by Crippen LogP contribution is 2.74. The Morgan fingerprint density at radius 3 is 2.80 bits per heavy atom. The molecule has 0 aromatic carbocycles. The standard InChI is InChI=1S/C21H23FO3/c1-11(23)13-4-5-14-15-9-17(22)16-8-12(24)6-7-20(16,3)21(15)18(25-21)10-19(13,14)2/h4,6-8,14-15,17-18H,5,9-10H2,1-3H3/t14?,15?,17?,18?,19-,20+,21-/m1/s1. The maximum atomic E-state index is 15.1. The minimum absolute atomic E-state index is 0.0263. The van der Waals surface area contributed by atoms with Crippen LogP contribution in [0.25, 0.3) is 0 Å². The van der Waals surface area contributed by atoms with E-state index in [2.05, 4.69) is 13.0 Å². The molecule has 3 fully saturated rings. The van der Waals surface area contributed by atoms with E-state index in [9.17, 15) is 9.59 Å². The Bertz CT molecular complexity index is 808. The van der Waals surface area contributed by atoms with Crippen LogP contribution < -0.4 is 0 Å². The summed E-state index contributed by atoms with van der Waals surface area (Å²) in [7, 11) is 0. The molecular weight excluding hydrogens is 319 g/mol. The summed E-state index contributed by atoms with van der Waals surface area (Å²) >= 11 is 0. The number of Topliss-reactive ketones (excluding diaryl/α,β-unsaturated/α-hetero) is 1. The molecule has 0 N–H and O–H groups in total. The van der Waals surface area contributed by atoms with Gasteiger partial charge in [0.2, 0.25) is 0 Å². The number of carbonyl (C=O) groups is 2. The summed E-state index contributed by atoms with van der Waals surface area (Å²) < 4.78 is 21.5. The smallest absolute Gasteiger partial charge is 0.178 e. The van der Waals surface area contributed by atoms with Crippen LogP contribution in [0, 0.1) is 22.7 Å². The van der Waals surface area contributed by atoms with Gasteiger partial charge in [0.1, 0.15) is 11.8 Å². The third kappa shape index (κ3) is 1.61. The Morgan fingerprint density at radius 1 is 1.32 bits per heavy atom. The van der Waals surface area contributed by atoms with Crippen molar-refractivity contribution in [2.45, 2.75) is 57.9 Å². The number of ketones is 2. The van der Waals surface area contributed by atoms with Crippen molar-refractivity contribution >= 4 is 11.6 Å². The van der Waals surface area contributed by atoms with Crippen molar-refractivity contribution in [2.75, 3.05) is 0 Å². The molecule has 0 radical (unpaired) electrons. The van der Waals surface area contributed by atoms with Crippen molar-refractivity contribution in [1.29, 1.82) is 0 Å². The maximum absolute atomic E-state index is 15.1. The first-order chi connectivity index (χ1) is 11.7. The van der Waals surface area contributed by atoms with E-state index in [1.54, 1.807) is 13.0 Å². The first kappa shape index (κ1) is 15.7. The zero-order chi connectivity index (χ0) is 17.8. The third-order valence-electron chi connectivity index (χ3n) is 7.88. The molecule has 0 aromatic heterocycles. The van der Waals surface area contributed by atoms with Gasteiger partial charge in [0.25, 0.3) is 0 Å². The van der Waals surface area contributed by atoms with Gasteiger partial charge in [-0.05, 0) is 68.2 Å². The lowest BCUT2D eigenvalue weighted by atomic mass is 9.47. The summed E-state index contributed by atoms with van der Waals surface area (Å²) in [6.07, 6.45) is 7.91. The number of epoxide rings is 1. The van der Waals surface area contributed by atoms with Crippen LogP contribution in [0.4, 0.5) is 4.39 Å². The molecule has 1 spiro atoms. The fourth-order valence-corrected chi connectivity index (χ4v) is 6.76. The summed E-state index contributed by atoms with van der Waals surface area (Å²) in [5.41, 5.74) is 0.294. The lowest BCUT2D eigenvalue weighted by Gasteiger charge is -2.54. The first-order valence-corrected chi connectivity index (χ1v) is 9.23. The predicted molar refractivity (Wildman–Crippen MR) is 90.5 cm³/mol. The van der Waals surface area contributed by atoms with E-state index in [-0.39, 0.29) is 34.9 Å². The molecule has 1 heterocycles. The number of ether oxygens (including phenoxy) is 1. The number of fused-ring (bicyclic) bond motifs is 3. The Labute approximate surface area is 147 Å². The van der Waals surface area contributed by atoms with Crippen LogP contribution in [0.3, 0.4) is 0 Å². The molecule has 0 amide bonds. The SMILES string of the molecule is CC(=O)C1=CCC2C3CC(F)C4=CC(=O)C=C[C@]4(C)[C@@]34OC4C[C@]12C. The van der Waals surface area contributed by atoms with Gasteiger partial charge >= 0.3 is 0 Å². The maximum Gasteiger partial charge on any atom is 0.178 e. The zero-order valence-corrected chi connectivity index (χ0v) is 14.8. The molecule has 0 aromatic rings. The number of hydrogen-bond acceptors (Lipinski definition) is 3. The summed E-state index contributed by atoms with van der Waals surface area (Å²) in [6.45, 7) is 5.81. The number of halogens is 1. The van der Waals surface area contributed by atoms with Gasteiger partial charge in [-0.25, -0.2) is 4.39 Å². The predicted octanol–water partition coefficient (Wildman–Crippen LogP) is 3.50. The lowest BCUT2D eigenvalue weighted by molar-refractivity contribution is -0.115. The van der Waals surface area contributed by atoms with E-state index in [0.717, 1.165) is 18.4 Å². The Kier molecular flexibility index (Phi) is 2.76. The molecule has 5 rings (SSSR count). The number of carbonyl (C=O) groups excluding carboxylic acids is 2. The largest absolute Gasteiger partial charge is 0.364 e. The molecule has 1 aliphatic heterocycles. The van der Waals surface area contributed by atoms with E-state index < -0.39 is 17.2 Å². The number of rotatable bonds is 1. The Balaban J connectivity index is 1.62. The molecule has 2 saturated carbocycles. The highest BCUT2D eigenvalue weighted by atomic mass is 19.1. The van der Waals surface area contributed by atoms with E-state index in [1.807, 2.05) is 13.0 Å². The number of alkyl halides is 1. The fraction of sp³-hybridized carbons (Fsp3) is 0.619. The number of allylic oxidation sites excluding steroid dienone is 4. The molecule has 4 heteroatoms. The van der Waals surface area contributed by atoms with Crippen molar-refractivity contribution in [1.82, 2.24) is 0 Å².